The van der Waals surface area contributed by atoms with Crippen LogP contribution in [0.2, 0.25) is 0 Å². The van der Waals surface area contributed by atoms with Crippen LogP contribution in [0.4, 0.5) is 0 Å². The Balaban J connectivity index is 3.26. The maximum absolute atomic E-state index is 10.9. The number of rotatable bonds is 8. The van der Waals surface area contributed by atoms with Crippen molar-refractivity contribution < 1.29 is 4.79 Å². The van der Waals surface area contributed by atoms with Crippen molar-refractivity contribution in [2.45, 2.75) is 45.4 Å². The number of carbonyl (C=O) groups is 1. The van der Waals surface area contributed by atoms with E-state index in [2.05, 4.69) is 12.3 Å². The standard InChI is InChI=1S/C13H20O/c1-3-5-6-7-8-9-10-11-12-13(14)4-2/h3,5,7H,1,4,8-12H2,2H3. The summed E-state index contributed by atoms with van der Waals surface area (Å²) in [5.41, 5.74) is 3.01. The highest BCUT2D eigenvalue weighted by molar-refractivity contribution is 5.77. The Morgan fingerprint density at radius 2 is 2.14 bits per heavy atom. The lowest BCUT2D eigenvalue weighted by Gasteiger charge is -1.96. The van der Waals surface area contributed by atoms with Crippen molar-refractivity contribution in [1.29, 1.82) is 0 Å². The van der Waals surface area contributed by atoms with Gasteiger partial charge in [0.25, 0.3) is 0 Å². The first-order chi connectivity index (χ1) is 6.81. The zero-order valence-corrected chi connectivity index (χ0v) is 9.09. The zero-order chi connectivity index (χ0) is 10.6. The molecule has 78 valence electrons. The predicted octanol–water partition coefficient (Wildman–Crippen LogP) is 3.81. The molecule has 0 atom stereocenters. The fraction of sp³-hybridized carbons (Fsp3) is 0.538. The van der Waals surface area contributed by atoms with E-state index in [1.165, 1.54) is 0 Å². The smallest absolute Gasteiger partial charge is 0.132 e. The molecular weight excluding hydrogens is 172 g/mol. The highest BCUT2D eigenvalue weighted by Gasteiger charge is 1.96. The lowest BCUT2D eigenvalue weighted by molar-refractivity contribution is -0.118. The Labute approximate surface area is 87.2 Å². The maximum atomic E-state index is 10.9. The number of unbranched alkanes of at least 4 members (excludes halogenated alkanes) is 3. The van der Waals surface area contributed by atoms with E-state index in [9.17, 15) is 4.79 Å². The second kappa shape index (κ2) is 10.0. The Kier molecular flexibility index (Phi) is 9.25. The van der Waals surface area contributed by atoms with Crippen LogP contribution in [-0.2, 0) is 4.79 Å². The van der Waals surface area contributed by atoms with Crippen molar-refractivity contribution in [2.24, 2.45) is 0 Å². The van der Waals surface area contributed by atoms with Crippen molar-refractivity contribution in [2.75, 3.05) is 0 Å². The van der Waals surface area contributed by atoms with Crippen LogP contribution >= 0.6 is 0 Å². The molecule has 0 unspecified atom stereocenters. The molecular formula is C13H20O. The van der Waals surface area contributed by atoms with E-state index in [1.54, 1.807) is 12.2 Å². The summed E-state index contributed by atoms with van der Waals surface area (Å²) in [6.45, 7) is 5.48. The maximum Gasteiger partial charge on any atom is 0.132 e. The lowest BCUT2D eigenvalue weighted by Crippen LogP contribution is -1.93. The monoisotopic (exact) mass is 192 g/mol. The molecule has 14 heavy (non-hydrogen) atoms. The van der Waals surface area contributed by atoms with Gasteiger partial charge < -0.3 is 0 Å². The Morgan fingerprint density at radius 3 is 2.79 bits per heavy atom. The van der Waals surface area contributed by atoms with Gasteiger partial charge in [-0.05, 0) is 31.4 Å². The molecule has 0 saturated carbocycles. The first-order valence-electron chi connectivity index (χ1n) is 5.35. The molecule has 0 aliphatic heterocycles. The minimum Gasteiger partial charge on any atom is -0.300 e. The molecule has 0 bridgehead atoms. The highest BCUT2D eigenvalue weighted by atomic mass is 16.1. The van der Waals surface area contributed by atoms with E-state index >= 15 is 0 Å². The third-order valence-corrected chi connectivity index (χ3v) is 2.03. The summed E-state index contributed by atoms with van der Waals surface area (Å²) < 4.78 is 0. The normalized spacial score (nSPS) is 8.93. The molecule has 0 aliphatic carbocycles. The van der Waals surface area contributed by atoms with Crippen LogP contribution in [0.3, 0.4) is 0 Å². The number of carbonyl (C=O) groups excluding carboxylic acids is 1. The summed E-state index contributed by atoms with van der Waals surface area (Å²) in [4.78, 5) is 10.9. The second-order valence-electron chi connectivity index (χ2n) is 3.26. The molecule has 0 rings (SSSR count). The van der Waals surface area contributed by atoms with Gasteiger partial charge in [0, 0.05) is 12.8 Å². The van der Waals surface area contributed by atoms with Crippen LogP contribution in [0.25, 0.3) is 0 Å². The molecule has 0 fully saturated rings. The molecule has 0 aromatic rings. The summed E-state index contributed by atoms with van der Waals surface area (Å²) in [6, 6.07) is 0. The molecule has 0 N–H and O–H groups in total. The van der Waals surface area contributed by atoms with Gasteiger partial charge in [0.1, 0.15) is 5.78 Å². The van der Waals surface area contributed by atoms with E-state index in [1.807, 2.05) is 13.0 Å². The van der Waals surface area contributed by atoms with Gasteiger partial charge >= 0.3 is 0 Å². The molecule has 0 amide bonds. The number of ketones is 1. The van der Waals surface area contributed by atoms with Crippen LogP contribution in [0, 0.1) is 0 Å². The third-order valence-electron chi connectivity index (χ3n) is 2.03. The molecule has 0 saturated heterocycles. The summed E-state index contributed by atoms with van der Waals surface area (Å²) in [5.74, 6) is 0.382. The Bertz CT molecular complexity index is 219. The summed E-state index contributed by atoms with van der Waals surface area (Å²) >= 11 is 0. The average molecular weight is 192 g/mol. The molecule has 1 nitrogen and oxygen atoms in total. The Morgan fingerprint density at radius 1 is 1.36 bits per heavy atom. The molecule has 0 radical (unpaired) electrons. The fourth-order valence-corrected chi connectivity index (χ4v) is 1.14. The minimum absolute atomic E-state index is 0.382. The van der Waals surface area contributed by atoms with Gasteiger partial charge in [-0.1, -0.05) is 26.0 Å². The lowest BCUT2D eigenvalue weighted by atomic mass is 10.1. The molecule has 0 aromatic heterocycles. The second-order valence-corrected chi connectivity index (χ2v) is 3.26. The summed E-state index contributed by atoms with van der Waals surface area (Å²) in [5, 5.41) is 0. The van der Waals surface area contributed by atoms with Crippen LogP contribution < -0.4 is 0 Å². The summed E-state index contributed by atoms with van der Waals surface area (Å²) in [7, 11) is 0. The first-order valence-corrected chi connectivity index (χ1v) is 5.35. The SMILES string of the molecule is C=CC=C=CCCCCCC(=O)CC. The van der Waals surface area contributed by atoms with Gasteiger partial charge in [-0.15, -0.1) is 5.73 Å². The quantitative estimate of drug-likeness (QED) is 0.324. The van der Waals surface area contributed by atoms with Gasteiger partial charge in [0.15, 0.2) is 0 Å². The molecule has 0 spiro atoms. The third kappa shape index (κ3) is 9.02. The number of hydrogen-bond acceptors (Lipinski definition) is 1. The van der Waals surface area contributed by atoms with E-state index in [0.717, 1.165) is 32.1 Å². The number of Topliss-reactive ketones (excluding diaryl/α,β-unsaturated/α-hetero) is 1. The van der Waals surface area contributed by atoms with Gasteiger partial charge in [0.2, 0.25) is 0 Å². The van der Waals surface area contributed by atoms with Crippen LogP contribution in [-0.4, -0.2) is 5.78 Å². The van der Waals surface area contributed by atoms with Gasteiger partial charge in [0.05, 0.1) is 0 Å². The van der Waals surface area contributed by atoms with Crippen molar-refractivity contribution in [3.05, 3.63) is 30.5 Å². The topological polar surface area (TPSA) is 17.1 Å². The van der Waals surface area contributed by atoms with Crippen molar-refractivity contribution in [1.82, 2.24) is 0 Å². The van der Waals surface area contributed by atoms with Crippen LogP contribution in [0.1, 0.15) is 45.4 Å². The van der Waals surface area contributed by atoms with E-state index < -0.39 is 0 Å². The van der Waals surface area contributed by atoms with Gasteiger partial charge in [-0.25, -0.2) is 0 Å². The van der Waals surface area contributed by atoms with Gasteiger partial charge in [-0.3, -0.25) is 4.79 Å². The van der Waals surface area contributed by atoms with Crippen molar-refractivity contribution in [3.63, 3.8) is 0 Å². The summed E-state index contributed by atoms with van der Waals surface area (Å²) in [6.07, 6.45) is 11.3. The molecule has 0 aliphatic rings. The largest absolute Gasteiger partial charge is 0.300 e. The van der Waals surface area contributed by atoms with Crippen LogP contribution in [0.5, 0.6) is 0 Å². The molecule has 0 heterocycles. The van der Waals surface area contributed by atoms with Gasteiger partial charge in [-0.2, -0.15) is 0 Å². The van der Waals surface area contributed by atoms with Crippen molar-refractivity contribution >= 4 is 5.78 Å². The van der Waals surface area contributed by atoms with E-state index in [-0.39, 0.29) is 0 Å². The van der Waals surface area contributed by atoms with E-state index in [4.69, 9.17) is 0 Å². The highest BCUT2D eigenvalue weighted by Crippen LogP contribution is 2.04. The predicted molar refractivity (Wildman–Crippen MR) is 61.2 cm³/mol. The van der Waals surface area contributed by atoms with Crippen LogP contribution in [0.15, 0.2) is 30.5 Å². The number of allylic oxidation sites excluding steroid dienone is 2. The minimum atomic E-state index is 0.382. The molecule has 1 heteroatoms. The van der Waals surface area contributed by atoms with Crippen molar-refractivity contribution in [3.8, 4) is 0 Å². The zero-order valence-electron chi connectivity index (χ0n) is 9.09. The molecule has 0 aromatic carbocycles. The Hall–Kier alpha value is -1.07. The first kappa shape index (κ1) is 12.9. The van der Waals surface area contributed by atoms with E-state index in [0.29, 0.717) is 12.2 Å². The number of hydrogen-bond donors (Lipinski definition) is 0. The fourth-order valence-electron chi connectivity index (χ4n) is 1.14. The average Bonchev–Trinajstić information content (AvgIpc) is 2.21.